The molecule has 4 rings (SSSR count). The maximum Gasteiger partial charge on any atom is 0.226 e. The molecule has 6 nitrogen and oxygen atoms in total. The molecule has 1 N–H and O–H groups in total. The Morgan fingerprint density at radius 2 is 2.17 bits per heavy atom. The largest absolute Gasteiger partial charge is 0.497 e. The van der Waals surface area contributed by atoms with Crippen LogP contribution in [0.25, 0.3) is 0 Å². The van der Waals surface area contributed by atoms with Crippen molar-refractivity contribution in [2.24, 2.45) is 5.41 Å². The van der Waals surface area contributed by atoms with Gasteiger partial charge >= 0.3 is 0 Å². The first-order valence-electron chi connectivity index (χ1n) is 8.05. The highest BCUT2D eigenvalue weighted by atomic mass is 16.5. The number of ketones is 1. The molecule has 0 bridgehead atoms. The Kier molecular flexibility index (Phi) is 3.23. The van der Waals surface area contributed by atoms with Gasteiger partial charge in [-0.1, -0.05) is 26.0 Å². The number of ether oxygens (including phenoxy) is 1. The second-order valence-electron chi connectivity index (χ2n) is 7.17. The molecule has 1 aliphatic carbocycles. The predicted molar refractivity (Wildman–Crippen MR) is 89.8 cm³/mol. The fourth-order valence-electron chi connectivity index (χ4n) is 3.67. The third kappa shape index (κ3) is 2.29. The molecular weight excluding hydrogens is 304 g/mol. The number of allylic oxidation sites excluding steroid dienone is 2. The van der Waals surface area contributed by atoms with Gasteiger partial charge in [-0.15, -0.1) is 0 Å². The summed E-state index contributed by atoms with van der Waals surface area (Å²) < 4.78 is 7.13. The highest BCUT2D eigenvalue weighted by molar-refractivity contribution is 6.00. The van der Waals surface area contributed by atoms with Crippen LogP contribution in [-0.4, -0.2) is 27.7 Å². The molecular formula is C18H20N4O2. The van der Waals surface area contributed by atoms with E-state index in [0.717, 1.165) is 29.0 Å². The molecule has 0 fully saturated rings. The van der Waals surface area contributed by atoms with E-state index in [2.05, 4.69) is 29.2 Å². The van der Waals surface area contributed by atoms with Crippen molar-refractivity contribution in [2.45, 2.75) is 32.7 Å². The summed E-state index contributed by atoms with van der Waals surface area (Å²) in [7, 11) is 1.64. The maximum atomic E-state index is 12.9. The molecule has 2 heterocycles. The number of carbonyl (C=O) groups excluding carboxylic acids is 1. The van der Waals surface area contributed by atoms with Gasteiger partial charge < -0.3 is 10.1 Å². The summed E-state index contributed by atoms with van der Waals surface area (Å²) in [6.45, 7) is 4.24. The smallest absolute Gasteiger partial charge is 0.226 e. The van der Waals surface area contributed by atoms with E-state index in [4.69, 9.17) is 4.74 Å². The molecule has 1 atom stereocenters. The van der Waals surface area contributed by atoms with Crippen LogP contribution in [0.2, 0.25) is 0 Å². The predicted octanol–water partition coefficient (Wildman–Crippen LogP) is 2.94. The second kappa shape index (κ2) is 5.19. The lowest BCUT2D eigenvalue weighted by molar-refractivity contribution is -0.118. The standard InChI is InChI=1S/C18H20N4O2/c1-18(2)8-13-15(14(23)9-18)16(22-17(21-13)19-10-20-22)11-5-4-6-12(7-11)24-3/h4-7,10,16H,8-9H2,1-3H3,(H,19,20,21). The van der Waals surface area contributed by atoms with Gasteiger partial charge in [-0.3, -0.25) is 4.79 Å². The van der Waals surface area contributed by atoms with Gasteiger partial charge in [-0.2, -0.15) is 10.1 Å². The number of benzene rings is 1. The Morgan fingerprint density at radius 1 is 1.33 bits per heavy atom. The van der Waals surface area contributed by atoms with E-state index in [-0.39, 0.29) is 17.2 Å². The molecule has 1 aromatic carbocycles. The molecule has 1 unspecified atom stereocenters. The van der Waals surface area contributed by atoms with Crippen molar-refractivity contribution in [3.8, 4) is 5.75 Å². The highest BCUT2D eigenvalue weighted by Crippen LogP contribution is 2.45. The molecule has 2 aromatic rings. The van der Waals surface area contributed by atoms with Crippen LogP contribution >= 0.6 is 0 Å². The van der Waals surface area contributed by atoms with Crippen molar-refractivity contribution in [3.05, 3.63) is 47.4 Å². The molecule has 2 aliphatic rings. The minimum Gasteiger partial charge on any atom is -0.497 e. The molecule has 6 heteroatoms. The number of methoxy groups -OCH3 is 1. The van der Waals surface area contributed by atoms with E-state index in [1.807, 2.05) is 24.3 Å². The quantitative estimate of drug-likeness (QED) is 0.920. The Bertz CT molecular complexity index is 850. The van der Waals surface area contributed by atoms with Gasteiger partial charge in [0.1, 0.15) is 18.1 Å². The Balaban J connectivity index is 1.89. The molecule has 124 valence electrons. The SMILES string of the molecule is COc1cccc(C2C3=C(CC(C)(C)CC3=O)Nc3ncnn32)c1. The van der Waals surface area contributed by atoms with Crippen molar-refractivity contribution in [1.29, 1.82) is 0 Å². The number of hydrogen-bond acceptors (Lipinski definition) is 5. The number of nitrogens with zero attached hydrogens (tertiary/aromatic N) is 3. The van der Waals surface area contributed by atoms with E-state index in [9.17, 15) is 4.79 Å². The first-order chi connectivity index (χ1) is 11.5. The van der Waals surface area contributed by atoms with Gasteiger partial charge in [0.2, 0.25) is 5.95 Å². The third-order valence-corrected chi connectivity index (χ3v) is 4.68. The molecule has 0 saturated carbocycles. The summed E-state index contributed by atoms with van der Waals surface area (Å²) in [5.74, 6) is 1.60. The molecule has 1 aromatic heterocycles. The first-order valence-corrected chi connectivity index (χ1v) is 8.05. The number of rotatable bonds is 2. The van der Waals surface area contributed by atoms with E-state index in [0.29, 0.717) is 12.4 Å². The average molecular weight is 324 g/mol. The maximum absolute atomic E-state index is 12.9. The summed E-state index contributed by atoms with van der Waals surface area (Å²) in [5, 5.41) is 7.66. The summed E-state index contributed by atoms with van der Waals surface area (Å²) >= 11 is 0. The summed E-state index contributed by atoms with van der Waals surface area (Å²) in [5.41, 5.74) is 2.68. The number of fused-ring (bicyclic) bond motifs is 1. The summed E-state index contributed by atoms with van der Waals surface area (Å²) in [6.07, 6.45) is 2.88. The molecule has 0 spiro atoms. The molecule has 1 aliphatic heterocycles. The van der Waals surface area contributed by atoms with Gasteiger partial charge in [-0.05, 0) is 29.5 Å². The third-order valence-electron chi connectivity index (χ3n) is 4.68. The number of Topliss-reactive ketones (excluding diaryl/α,β-unsaturated/α-hetero) is 1. The normalized spacial score (nSPS) is 21.8. The summed E-state index contributed by atoms with van der Waals surface area (Å²) in [4.78, 5) is 17.2. The van der Waals surface area contributed by atoms with Crippen LogP contribution in [0.15, 0.2) is 41.9 Å². The van der Waals surface area contributed by atoms with Crippen LogP contribution in [0.3, 0.4) is 0 Å². The fourth-order valence-corrected chi connectivity index (χ4v) is 3.67. The zero-order valence-corrected chi connectivity index (χ0v) is 14.0. The lowest BCUT2D eigenvalue weighted by Crippen LogP contribution is -2.36. The van der Waals surface area contributed by atoms with Crippen LogP contribution in [0, 0.1) is 5.41 Å². The Labute approximate surface area is 140 Å². The van der Waals surface area contributed by atoms with Gasteiger partial charge in [0, 0.05) is 17.7 Å². The number of aromatic nitrogens is 3. The van der Waals surface area contributed by atoms with Crippen molar-refractivity contribution >= 4 is 11.7 Å². The van der Waals surface area contributed by atoms with Crippen molar-refractivity contribution in [3.63, 3.8) is 0 Å². The van der Waals surface area contributed by atoms with Crippen molar-refractivity contribution in [1.82, 2.24) is 14.8 Å². The van der Waals surface area contributed by atoms with Crippen molar-refractivity contribution in [2.75, 3.05) is 12.4 Å². The average Bonchev–Trinajstić information content (AvgIpc) is 2.99. The van der Waals surface area contributed by atoms with Gasteiger partial charge in [-0.25, -0.2) is 4.68 Å². The Morgan fingerprint density at radius 3 is 2.96 bits per heavy atom. The van der Waals surface area contributed by atoms with E-state index in [1.165, 1.54) is 6.33 Å². The lowest BCUT2D eigenvalue weighted by atomic mass is 9.73. The van der Waals surface area contributed by atoms with E-state index >= 15 is 0 Å². The van der Waals surface area contributed by atoms with E-state index < -0.39 is 0 Å². The Hall–Kier alpha value is -2.63. The zero-order chi connectivity index (χ0) is 16.9. The minimum absolute atomic E-state index is 0.0516. The monoisotopic (exact) mass is 324 g/mol. The van der Waals surface area contributed by atoms with Gasteiger partial charge in [0.05, 0.1) is 7.11 Å². The lowest BCUT2D eigenvalue weighted by Gasteiger charge is -2.38. The number of anilines is 1. The van der Waals surface area contributed by atoms with Crippen LogP contribution in [0.5, 0.6) is 5.75 Å². The van der Waals surface area contributed by atoms with Crippen LogP contribution in [-0.2, 0) is 4.79 Å². The summed E-state index contributed by atoms with van der Waals surface area (Å²) in [6, 6.07) is 7.52. The topological polar surface area (TPSA) is 69.0 Å². The zero-order valence-electron chi connectivity index (χ0n) is 14.0. The van der Waals surface area contributed by atoms with Crippen molar-refractivity contribution < 1.29 is 9.53 Å². The van der Waals surface area contributed by atoms with Gasteiger partial charge in [0.25, 0.3) is 0 Å². The number of nitrogens with one attached hydrogen (secondary N) is 1. The van der Waals surface area contributed by atoms with Crippen LogP contribution in [0.4, 0.5) is 5.95 Å². The number of hydrogen-bond donors (Lipinski definition) is 1. The van der Waals surface area contributed by atoms with Crippen LogP contribution in [0.1, 0.15) is 38.3 Å². The minimum atomic E-state index is -0.266. The molecule has 24 heavy (non-hydrogen) atoms. The highest BCUT2D eigenvalue weighted by Gasteiger charge is 2.41. The fraction of sp³-hybridized carbons (Fsp3) is 0.389. The second-order valence-corrected chi connectivity index (χ2v) is 7.17. The van der Waals surface area contributed by atoms with Gasteiger partial charge in [0.15, 0.2) is 5.78 Å². The molecule has 0 amide bonds. The van der Waals surface area contributed by atoms with Crippen LogP contribution < -0.4 is 10.1 Å². The number of carbonyl (C=O) groups is 1. The molecule has 0 radical (unpaired) electrons. The van der Waals surface area contributed by atoms with E-state index in [1.54, 1.807) is 11.8 Å². The molecule has 0 saturated heterocycles. The first kappa shape index (κ1) is 14.9.